The Balaban J connectivity index is 2.53. The zero-order valence-corrected chi connectivity index (χ0v) is 11.3. The molecule has 0 atom stereocenters. The summed E-state index contributed by atoms with van der Waals surface area (Å²) in [6.45, 7) is 0. The van der Waals surface area contributed by atoms with Crippen molar-refractivity contribution >= 4 is 21.9 Å². The van der Waals surface area contributed by atoms with Gasteiger partial charge in [-0.05, 0) is 0 Å². The van der Waals surface area contributed by atoms with Crippen LogP contribution in [0.15, 0.2) is 36.5 Å². The molecule has 1 heterocycles. The van der Waals surface area contributed by atoms with E-state index in [4.69, 9.17) is 0 Å². The Morgan fingerprint density at radius 1 is 1.33 bits per heavy atom. The van der Waals surface area contributed by atoms with Crippen molar-refractivity contribution in [2.45, 2.75) is 5.33 Å². The number of carbonyl (C=O) groups excluding carboxylic acids is 1. The van der Waals surface area contributed by atoms with Gasteiger partial charge in [0.15, 0.2) is 0 Å². The number of aromatic nitrogens is 2. The van der Waals surface area contributed by atoms with Crippen molar-refractivity contribution < 1.29 is 9.53 Å². The van der Waals surface area contributed by atoms with Crippen molar-refractivity contribution in [2.24, 2.45) is 0 Å². The summed E-state index contributed by atoms with van der Waals surface area (Å²) in [6.07, 6.45) is 1.64. The average molecular weight is 307 g/mol. The molecule has 1 aromatic heterocycles. The van der Waals surface area contributed by atoms with Crippen LogP contribution in [0.4, 0.5) is 0 Å². The molecule has 0 amide bonds. The molecule has 0 saturated carbocycles. The Morgan fingerprint density at radius 3 is 2.67 bits per heavy atom. The third-order valence-electron chi connectivity index (χ3n) is 2.42. The van der Waals surface area contributed by atoms with Gasteiger partial charge in [0.05, 0.1) is 12.8 Å². The van der Waals surface area contributed by atoms with Crippen LogP contribution >= 0.6 is 15.9 Å². The first-order valence-corrected chi connectivity index (χ1v) is 6.44. The third kappa shape index (κ3) is 2.56. The molecule has 0 N–H and O–H groups in total. The van der Waals surface area contributed by atoms with Gasteiger partial charge in [-0.15, -0.1) is 0 Å². The zero-order chi connectivity index (χ0) is 13.0. The molecule has 92 valence electrons. The molecular weight excluding hydrogens is 296 g/mol. The van der Waals surface area contributed by atoms with Gasteiger partial charge in [0.2, 0.25) is 5.82 Å². The fourth-order valence-electron chi connectivity index (χ4n) is 1.54. The molecule has 0 aliphatic carbocycles. The molecule has 0 radical (unpaired) electrons. The SMILES string of the molecule is COC(=O)c1ncc(CBr)c(-c2ccccc2)n1. The molecule has 2 aromatic rings. The van der Waals surface area contributed by atoms with Crippen molar-refractivity contribution in [3.05, 3.63) is 47.9 Å². The van der Waals surface area contributed by atoms with Crippen LogP contribution < -0.4 is 0 Å². The maximum absolute atomic E-state index is 11.4. The first-order valence-electron chi connectivity index (χ1n) is 5.32. The lowest BCUT2D eigenvalue weighted by molar-refractivity contribution is 0.0587. The largest absolute Gasteiger partial charge is 0.463 e. The summed E-state index contributed by atoms with van der Waals surface area (Å²) in [5, 5.41) is 0.624. The van der Waals surface area contributed by atoms with Gasteiger partial charge >= 0.3 is 5.97 Å². The molecule has 5 heteroatoms. The standard InChI is InChI=1S/C13H11BrN2O2/c1-18-13(17)12-15-8-10(7-14)11(16-12)9-5-3-2-4-6-9/h2-6,8H,7H2,1H3. The van der Waals surface area contributed by atoms with Gasteiger partial charge in [-0.2, -0.15) is 0 Å². The molecule has 0 bridgehead atoms. The minimum atomic E-state index is -0.534. The summed E-state index contributed by atoms with van der Waals surface area (Å²) in [5.41, 5.74) is 2.61. The van der Waals surface area contributed by atoms with Crippen molar-refractivity contribution in [1.29, 1.82) is 0 Å². The van der Waals surface area contributed by atoms with Gasteiger partial charge in [0, 0.05) is 22.7 Å². The van der Waals surface area contributed by atoms with Crippen molar-refractivity contribution in [2.75, 3.05) is 7.11 Å². The molecule has 0 fully saturated rings. The number of benzene rings is 1. The number of rotatable bonds is 3. The average Bonchev–Trinajstić information content (AvgIpc) is 2.46. The van der Waals surface area contributed by atoms with E-state index in [0.717, 1.165) is 16.8 Å². The Kier molecular flexibility index (Phi) is 4.04. The predicted octanol–water partition coefficient (Wildman–Crippen LogP) is 2.83. The van der Waals surface area contributed by atoms with Crippen LogP contribution in [0.25, 0.3) is 11.3 Å². The highest BCUT2D eigenvalue weighted by molar-refractivity contribution is 9.08. The van der Waals surface area contributed by atoms with Crippen molar-refractivity contribution in [3.63, 3.8) is 0 Å². The lowest BCUT2D eigenvalue weighted by Crippen LogP contribution is -2.09. The quantitative estimate of drug-likeness (QED) is 0.646. The summed E-state index contributed by atoms with van der Waals surface area (Å²) in [6, 6.07) is 9.66. The van der Waals surface area contributed by atoms with E-state index in [-0.39, 0.29) is 5.82 Å². The van der Waals surface area contributed by atoms with E-state index >= 15 is 0 Å². The first kappa shape index (κ1) is 12.7. The lowest BCUT2D eigenvalue weighted by atomic mass is 10.1. The predicted molar refractivity (Wildman–Crippen MR) is 71.4 cm³/mol. The summed E-state index contributed by atoms with van der Waals surface area (Å²) in [5.74, 6) is -0.464. The number of ether oxygens (including phenoxy) is 1. The second-order valence-corrected chi connectivity index (χ2v) is 4.12. The smallest absolute Gasteiger partial charge is 0.376 e. The summed E-state index contributed by atoms with van der Waals surface area (Å²) in [7, 11) is 1.31. The molecule has 0 aliphatic rings. The van der Waals surface area contributed by atoms with Crippen LogP contribution in [-0.4, -0.2) is 23.0 Å². The maximum Gasteiger partial charge on any atom is 0.376 e. The number of hydrogen-bond donors (Lipinski definition) is 0. The van der Waals surface area contributed by atoms with Crippen molar-refractivity contribution in [3.8, 4) is 11.3 Å². The number of esters is 1. The highest BCUT2D eigenvalue weighted by Gasteiger charge is 2.14. The summed E-state index contributed by atoms with van der Waals surface area (Å²) < 4.78 is 4.62. The topological polar surface area (TPSA) is 52.1 Å². The van der Waals surface area contributed by atoms with Gasteiger partial charge in [-0.25, -0.2) is 14.8 Å². The molecule has 0 spiro atoms. The summed E-state index contributed by atoms with van der Waals surface area (Å²) in [4.78, 5) is 19.7. The molecule has 1 aromatic carbocycles. The van der Waals surface area contributed by atoms with Crippen LogP contribution in [0, 0.1) is 0 Å². The Morgan fingerprint density at radius 2 is 2.06 bits per heavy atom. The third-order valence-corrected chi connectivity index (χ3v) is 3.03. The molecule has 0 aliphatic heterocycles. The monoisotopic (exact) mass is 306 g/mol. The van der Waals surface area contributed by atoms with Gasteiger partial charge < -0.3 is 4.74 Å². The van der Waals surface area contributed by atoms with Gasteiger partial charge in [0.1, 0.15) is 0 Å². The number of carbonyl (C=O) groups is 1. The Hall–Kier alpha value is -1.75. The molecule has 2 rings (SSSR count). The molecule has 0 saturated heterocycles. The van der Waals surface area contributed by atoms with Gasteiger partial charge in [-0.3, -0.25) is 0 Å². The number of hydrogen-bond acceptors (Lipinski definition) is 4. The number of methoxy groups -OCH3 is 1. The first-order chi connectivity index (χ1) is 8.76. The second-order valence-electron chi connectivity index (χ2n) is 3.56. The van der Waals surface area contributed by atoms with E-state index in [1.54, 1.807) is 6.20 Å². The van der Waals surface area contributed by atoms with E-state index in [0.29, 0.717) is 5.33 Å². The number of nitrogens with zero attached hydrogens (tertiary/aromatic N) is 2. The van der Waals surface area contributed by atoms with Crippen LogP contribution in [0.1, 0.15) is 16.2 Å². The number of halogens is 1. The van der Waals surface area contributed by atoms with E-state index in [9.17, 15) is 4.79 Å². The van der Waals surface area contributed by atoms with E-state index in [2.05, 4.69) is 30.6 Å². The van der Waals surface area contributed by atoms with Gasteiger partial charge in [-0.1, -0.05) is 46.3 Å². The van der Waals surface area contributed by atoms with Crippen molar-refractivity contribution in [1.82, 2.24) is 9.97 Å². The molecule has 18 heavy (non-hydrogen) atoms. The van der Waals surface area contributed by atoms with E-state index in [1.807, 2.05) is 30.3 Å². The minimum Gasteiger partial charge on any atom is -0.463 e. The fraction of sp³-hybridized carbons (Fsp3) is 0.154. The molecular formula is C13H11BrN2O2. The maximum atomic E-state index is 11.4. The lowest BCUT2D eigenvalue weighted by Gasteiger charge is -2.07. The zero-order valence-electron chi connectivity index (χ0n) is 9.76. The number of alkyl halides is 1. The van der Waals surface area contributed by atoms with Crippen LogP contribution in [-0.2, 0) is 10.1 Å². The fourth-order valence-corrected chi connectivity index (χ4v) is 1.95. The minimum absolute atomic E-state index is 0.0704. The van der Waals surface area contributed by atoms with Crippen LogP contribution in [0.2, 0.25) is 0 Å². The van der Waals surface area contributed by atoms with E-state index < -0.39 is 5.97 Å². The van der Waals surface area contributed by atoms with Gasteiger partial charge in [0.25, 0.3) is 0 Å². The Labute approximate surface area is 113 Å². The highest BCUT2D eigenvalue weighted by Crippen LogP contribution is 2.22. The highest BCUT2D eigenvalue weighted by atomic mass is 79.9. The summed E-state index contributed by atoms with van der Waals surface area (Å²) >= 11 is 3.39. The van der Waals surface area contributed by atoms with Crippen LogP contribution in [0.5, 0.6) is 0 Å². The molecule has 4 nitrogen and oxygen atoms in total. The second kappa shape index (κ2) is 5.73. The van der Waals surface area contributed by atoms with Crippen LogP contribution in [0.3, 0.4) is 0 Å². The Bertz CT molecular complexity index is 558. The van der Waals surface area contributed by atoms with E-state index in [1.165, 1.54) is 7.11 Å². The molecule has 0 unspecified atom stereocenters. The normalized spacial score (nSPS) is 10.1.